The molecule has 6 nitrogen and oxygen atoms in total. The van der Waals surface area contributed by atoms with Crippen LogP contribution in [-0.2, 0) is 16.6 Å². The number of carboxylic acid groups (broad SMARTS) is 1. The minimum absolute atomic E-state index is 0.0176. The Labute approximate surface area is 124 Å². The van der Waals surface area contributed by atoms with E-state index in [0.29, 0.717) is 0 Å². The minimum Gasteiger partial charge on any atom is -0.478 e. The molecule has 108 valence electrons. The van der Waals surface area contributed by atoms with E-state index >= 15 is 0 Å². The maximum Gasteiger partial charge on any atom is 0.336 e. The molecule has 2 heterocycles. The first-order valence-electron chi connectivity index (χ1n) is 5.49. The number of hydrogen-bond donors (Lipinski definition) is 1. The van der Waals surface area contributed by atoms with Crippen LogP contribution in [0.15, 0.2) is 21.2 Å². The van der Waals surface area contributed by atoms with Crippen LogP contribution >= 0.6 is 22.7 Å². The van der Waals surface area contributed by atoms with Crippen LogP contribution in [0, 0.1) is 6.92 Å². The second-order valence-electron chi connectivity index (χ2n) is 4.08. The van der Waals surface area contributed by atoms with Gasteiger partial charge in [-0.15, -0.1) is 22.7 Å². The molecule has 2 rings (SSSR count). The van der Waals surface area contributed by atoms with Gasteiger partial charge in [0.15, 0.2) is 0 Å². The van der Waals surface area contributed by atoms with Crippen LogP contribution in [-0.4, -0.2) is 35.8 Å². The fraction of sp³-hybridized carbons (Fsp3) is 0.273. The van der Waals surface area contributed by atoms with E-state index in [9.17, 15) is 13.2 Å². The Balaban J connectivity index is 2.25. The largest absolute Gasteiger partial charge is 0.478 e. The van der Waals surface area contributed by atoms with Gasteiger partial charge < -0.3 is 5.11 Å². The highest BCUT2D eigenvalue weighted by molar-refractivity contribution is 7.91. The number of nitrogens with zero attached hydrogens (tertiary/aromatic N) is 2. The van der Waals surface area contributed by atoms with Gasteiger partial charge in [-0.2, -0.15) is 4.31 Å². The van der Waals surface area contributed by atoms with Gasteiger partial charge in [0.2, 0.25) is 0 Å². The molecule has 0 aliphatic heterocycles. The molecule has 0 aliphatic carbocycles. The third-order valence-corrected chi connectivity index (χ3v) is 6.84. The lowest BCUT2D eigenvalue weighted by molar-refractivity contribution is 0.0697. The third-order valence-electron chi connectivity index (χ3n) is 2.70. The van der Waals surface area contributed by atoms with Gasteiger partial charge in [0.25, 0.3) is 10.0 Å². The van der Waals surface area contributed by atoms with E-state index in [1.165, 1.54) is 34.1 Å². The van der Waals surface area contributed by atoms with E-state index in [1.54, 1.807) is 5.51 Å². The van der Waals surface area contributed by atoms with E-state index in [4.69, 9.17) is 5.11 Å². The molecule has 20 heavy (non-hydrogen) atoms. The predicted octanol–water partition coefficient (Wildman–Crippen LogP) is 2.03. The molecule has 2 aromatic rings. The van der Waals surface area contributed by atoms with E-state index in [2.05, 4.69) is 4.98 Å². The fourth-order valence-electron chi connectivity index (χ4n) is 1.48. The Bertz CT molecular complexity index is 732. The highest BCUT2D eigenvalue weighted by atomic mass is 32.2. The highest BCUT2D eigenvalue weighted by Gasteiger charge is 2.25. The molecular formula is C11H12N2O4S3. The second kappa shape index (κ2) is 5.60. The summed E-state index contributed by atoms with van der Waals surface area (Å²) in [7, 11) is -2.21. The van der Waals surface area contributed by atoms with Crippen LogP contribution in [0.25, 0.3) is 0 Å². The Morgan fingerprint density at radius 3 is 2.65 bits per heavy atom. The van der Waals surface area contributed by atoms with E-state index in [1.807, 2.05) is 6.92 Å². The van der Waals surface area contributed by atoms with Gasteiger partial charge in [-0.1, -0.05) is 0 Å². The van der Waals surface area contributed by atoms with Crippen LogP contribution in [0.2, 0.25) is 0 Å². The van der Waals surface area contributed by atoms with Crippen molar-refractivity contribution in [1.29, 1.82) is 0 Å². The van der Waals surface area contributed by atoms with Crippen molar-refractivity contribution in [3.63, 3.8) is 0 Å². The number of aromatic carboxylic acids is 1. The predicted molar refractivity (Wildman–Crippen MR) is 76.8 cm³/mol. The zero-order chi connectivity index (χ0) is 14.9. The van der Waals surface area contributed by atoms with Gasteiger partial charge >= 0.3 is 5.97 Å². The van der Waals surface area contributed by atoms with Crippen molar-refractivity contribution < 1.29 is 18.3 Å². The molecular weight excluding hydrogens is 320 g/mol. The normalized spacial score (nSPS) is 11.9. The van der Waals surface area contributed by atoms with Crippen molar-refractivity contribution in [2.75, 3.05) is 7.05 Å². The number of aryl methyl sites for hydroxylation is 1. The Morgan fingerprint density at radius 2 is 2.15 bits per heavy atom. The molecule has 0 saturated carbocycles. The Kier molecular flexibility index (Phi) is 4.23. The highest BCUT2D eigenvalue weighted by Crippen LogP contribution is 2.25. The number of thiazole rings is 1. The van der Waals surface area contributed by atoms with Crippen molar-refractivity contribution in [3.8, 4) is 0 Å². The fourth-order valence-corrected chi connectivity index (χ4v) is 4.90. The van der Waals surface area contributed by atoms with Crippen LogP contribution in [0.1, 0.15) is 20.9 Å². The molecule has 0 atom stereocenters. The number of sulfonamides is 1. The van der Waals surface area contributed by atoms with E-state index in [-0.39, 0.29) is 16.3 Å². The summed E-state index contributed by atoms with van der Waals surface area (Å²) < 4.78 is 25.9. The van der Waals surface area contributed by atoms with Crippen molar-refractivity contribution in [2.45, 2.75) is 17.7 Å². The molecule has 0 amide bonds. The van der Waals surface area contributed by atoms with Gasteiger partial charge in [0, 0.05) is 23.8 Å². The first kappa shape index (κ1) is 15.1. The number of hydrogen-bond acceptors (Lipinski definition) is 6. The van der Waals surface area contributed by atoms with Crippen LogP contribution in [0.3, 0.4) is 0 Å². The molecule has 0 fully saturated rings. The lowest BCUT2D eigenvalue weighted by atomic mass is 10.4. The molecule has 0 aliphatic rings. The van der Waals surface area contributed by atoms with E-state index in [0.717, 1.165) is 21.9 Å². The van der Waals surface area contributed by atoms with Gasteiger partial charge in [-0.3, -0.25) is 0 Å². The summed E-state index contributed by atoms with van der Waals surface area (Å²) in [5, 5.41) is 10.2. The molecule has 0 bridgehead atoms. The summed E-state index contributed by atoms with van der Waals surface area (Å²) >= 11 is 2.30. The number of carbonyl (C=O) groups is 1. The standard InChI is InChI=1S/C11H12N2O4S3/c1-7-9(19-6-12-7)4-13(2)20(16,17)10-3-8(5-18-10)11(14)15/h3,5-6H,4H2,1-2H3,(H,14,15). The molecule has 0 spiro atoms. The van der Waals surface area contributed by atoms with Crippen molar-refractivity contribution in [2.24, 2.45) is 0 Å². The van der Waals surface area contributed by atoms with Crippen molar-refractivity contribution >= 4 is 38.7 Å². The van der Waals surface area contributed by atoms with Crippen LogP contribution in [0.4, 0.5) is 0 Å². The lowest BCUT2D eigenvalue weighted by Gasteiger charge is -2.15. The second-order valence-corrected chi connectivity index (χ2v) is 8.20. The molecule has 0 unspecified atom stereocenters. The van der Waals surface area contributed by atoms with E-state index < -0.39 is 16.0 Å². The Hall–Kier alpha value is -1.29. The van der Waals surface area contributed by atoms with Crippen molar-refractivity contribution in [3.05, 3.63) is 33.1 Å². The Morgan fingerprint density at radius 1 is 1.45 bits per heavy atom. The molecule has 0 radical (unpaired) electrons. The maximum atomic E-state index is 12.3. The van der Waals surface area contributed by atoms with Crippen LogP contribution < -0.4 is 0 Å². The molecule has 1 N–H and O–H groups in total. The molecule has 0 saturated heterocycles. The summed E-state index contributed by atoms with van der Waals surface area (Å²) in [6, 6.07) is 1.18. The monoisotopic (exact) mass is 332 g/mol. The summed E-state index contributed by atoms with van der Waals surface area (Å²) in [6.07, 6.45) is 0. The van der Waals surface area contributed by atoms with Crippen LogP contribution in [0.5, 0.6) is 0 Å². The average Bonchev–Trinajstić information content (AvgIpc) is 2.99. The number of thiophene rings is 1. The number of rotatable bonds is 5. The third kappa shape index (κ3) is 2.90. The summed E-state index contributed by atoms with van der Waals surface area (Å²) in [5.41, 5.74) is 2.45. The zero-order valence-electron chi connectivity index (χ0n) is 10.7. The maximum absolute atomic E-state index is 12.3. The first-order chi connectivity index (χ1) is 9.32. The van der Waals surface area contributed by atoms with Gasteiger partial charge in [-0.25, -0.2) is 18.2 Å². The minimum atomic E-state index is -3.68. The number of aromatic nitrogens is 1. The van der Waals surface area contributed by atoms with Crippen molar-refractivity contribution in [1.82, 2.24) is 9.29 Å². The summed E-state index contributed by atoms with van der Waals surface area (Å²) in [4.78, 5) is 15.7. The molecule has 0 aromatic carbocycles. The summed E-state index contributed by atoms with van der Waals surface area (Å²) in [5.74, 6) is -1.14. The quantitative estimate of drug-likeness (QED) is 0.905. The number of carboxylic acids is 1. The molecule has 2 aromatic heterocycles. The SMILES string of the molecule is Cc1ncsc1CN(C)S(=O)(=O)c1cc(C(=O)O)cs1. The lowest BCUT2D eigenvalue weighted by Crippen LogP contribution is -2.25. The summed E-state index contributed by atoms with van der Waals surface area (Å²) in [6.45, 7) is 2.04. The topological polar surface area (TPSA) is 87.6 Å². The van der Waals surface area contributed by atoms with Gasteiger partial charge in [-0.05, 0) is 13.0 Å². The average molecular weight is 332 g/mol. The smallest absolute Gasteiger partial charge is 0.336 e. The zero-order valence-corrected chi connectivity index (χ0v) is 13.2. The van der Waals surface area contributed by atoms with Gasteiger partial charge in [0.05, 0.1) is 16.8 Å². The first-order valence-corrected chi connectivity index (χ1v) is 8.69. The van der Waals surface area contributed by atoms with Gasteiger partial charge in [0.1, 0.15) is 4.21 Å². The molecule has 9 heteroatoms.